The van der Waals surface area contributed by atoms with Gasteiger partial charge in [-0.2, -0.15) is 0 Å². The monoisotopic (exact) mass is 289 g/mol. The number of nitrogens with two attached hydrogens (primary N) is 1. The summed E-state index contributed by atoms with van der Waals surface area (Å²) < 4.78 is 0. The predicted octanol–water partition coefficient (Wildman–Crippen LogP) is 0.838. The highest BCUT2D eigenvalue weighted by molar-refractivity contribution is 5.82. The molecule has 0 radical (unpaired) electrons. The zero-order chi connectivity index (χ0) is 15.2. The Bertz CT molecular complexity index is 482. The molecule has 1 aromatic carbocycles. The molecule has 0 bridgehead atoms. The van der Waals surface area contributed by atoms with Crippen LogP contribution in [0.25, 0.3) is 0 Å². The van der Waals surface area contributed by atoms with E-state index in [9.17, 15) is 4.79 Å². The summed E-state index contributed by atoms with van der Waals surface area (Å²) >= 11 is 0. The molecule has 1 aliphatic heterocycles. The molecule has 6 nitrogen and oxygen atoms in total. The number of piperazine rings is 1. The van der Waals surface area contributed by atoms with Crippen LogP contribution in [0.3, 0.4) is 0 Å². The van der Waals surface area contributed by atoms with Crippen LogP contribution in [0.5, 0.6) is 0 Å². The van der Waals surface area contributed by atoms with Crippen LogP contribution >= 0.6 is 0 Å². The van der Waals surface area contributed by atoms with Crippen LogP contribution in [-0.2, 0) is 6.54 Å². The number of benzene rings is 1. The maximum atomic E-state index is 12.1. The van der Waals surface area contributed by atoms with Crippen molar-refractivity contribution < 1.29 is 4.79 Å². The summed E-state index contributed by atoms with van der Waals surface area (Å²) in [6.45, 7) is 5.30. The molecular formula is C15H23N5O. The molecule has 2 amide bonds. The van der Waals surface area contributed by atoms with E-state index in [4.69, 9.17) is 11.1 Å². The molecule has 1 aliphatic rings. The van der Waals surface area contributed by atoms with Crippen molar-refractivity contribution in [1.82, 2.24) is 15.1 Å². The molecular weight excluding hydrogens is 266 g/mol. The number of carbonyl (C=O) groups is 1. The number of amides is 2. The Kier molecular flexibility index (Phi) is 5.16. The average Bonchev–Trinajstić information content (AvgIpc) is 2.53. The van der Waals surface area contributed by atoms with Crippen molar-refractivity contribution in [3.8, 4) is 0 Å². The summed E-state index contributed by atoms with van der Waals surface area (Å²) in [5, 5.41) is 10.4. The number of amidine groups is 1. The lowest BCUT2D eigenvalue weighted by molar-refractivity contribution is 0.131. The number of hydrogen-bond donors (Lipinski definition) is 3. The Morgan fingerprint density at radius 3 is 2.48 bits per heavy atom. The first-order chi connectivity index (χ1) is 10.1. The Hall–Kier alpha value is -2.08. The summed E-state index contributed by atoms with van der Waals surface area (Å²) in [4.78, 5) is 16.1. The number of carbonyl (C=O) groups excluding carboxylic acids is 1. The topological polar surface area (TPSA) is 85.5 Å². The van der Waals surface area contributed by atoms with Gasteiger partial charge in [0.25, 0.3) is 0 Å². The van der Waals surface area contributed by atoms with Crippen molar-refractivity contribution in [2.45, 2.75) is 19.5 Å². The van der Waals surface area contributed by atoms with E-state index in [0.29, 0.717) is 19.6 Å². The molecule has 114 valence electrons. The lowest BCUT2D eigenvalue weighted by atomic mass is 10.2. The predicted molar refractivity (Wildman–Crippen MR) is 83.2 cm³/mol. The lowest BCUT2D eigenvalue weighted by Gasteiger charge is -2.37. The van der Waals surface area contributed by atoms with Gasteiger partial charge in [0.05, 0.1) is 6.04 Å². The fourth-order valence-corrected chi connectivity index (χ4v) is 2.39. The van der Waals surface area contributed by atoms with Crippen molar-refractivity contribution in [1.29, 1.82) is 5.41 Å². The second-order valence-corrected chi connectivity index (χ2v) is 5.30. The molecule has 0 aliphatic carbocycles. The first kappa shape index (κ1) is 15.3. The van der Waals surface area contributed by atoms with Crippen LogP contribution in [0.2, 0.25) is 0 Å². The minimum absolute atomic E-state index is 0.0334. The fourth-order valence-electron chi connectivity index (χ4n) is 2.39. The highest BCUT2D eigenvalue weighted by Crippen LogP contribution is 2.07. The van der Waals surface area contributed by atoms with Crippen LogP contribution < -0.4 is 11.1 Å². The van der Waals surface area contributed by atoms with Crippen molar-refractivity contribution in [2.75, 3.05) is 26.2 Å². The van der Waals surface area contributed by atoms with Gasteiger partial charge in [-0.15, -0.1) is 0 Å². The van der Waals surface area contributed by atoms with Crippen LogP contribution in [0, 0.1) is 5.41 Å². The third-order valence-electron chi connectivity index (χ3n) is 3.89. The minimum Gasteiger partial charge on any atom is -0.386 e. The van der Waals surface area contributed by atoms with Gasteiger partial charge in [0.15, 0.2) is 0 Å². The molecule has 0 saturated carbocycles. The van der Waals surface area contributed by atoms with Gasteiger partial charge in [-0.3, -0.25) is 10.3 Å². The molecule has 1 fully saturated rings. The standard InChI is InChI=1S/C15H23N5O/c1-12(14(16)17)19-7-9-20(10-8-19)15(21)18-11-13-5-3-2-4-6-13/h2-6,12H,7-11H2,1H3,(H3,16,17)(H,18,21). The summed E-state index contributed by atoms with van der Waals surface area (Å²) in [5.74, 6) is 0.178. The Balaban J connectivity index is 1.77. The molecule has 2 rings (SSSR count). The molecule has 0 spiro atoms. The summed E-state index contributed by atoms with van der Waals surface area (Å²) in [7, 11) is 0. The Labute approximate surface area is 125 Å². The molecule has 4 N–H and O–H groups in total. The third-order valence-corrected chi connectivity index (χ3v) is 3.89. The van der Waals surface area contributed by atoms with Crippen LogP contribution in [0.15, 0.2) is 30.3 Å². The van der Waals surface area contributed by atoms with Crippen molar-refractivity contribution in [3.63, 3.8) is 0 Å². The Morgan fingerprint density at radius 2 is 1.90 bits per heavy atom. The van der Waals surface area contributed by atoms with Gasteiger partial charge in [-0.1, -0.05) is 30.3 Å². The van der Waals surface area contributed by atoms with E-state index in [-0.39, 0.29) is 17.9 Å². The highest BCUT2D eigenvalue weighted by atomic mass is 16.2. The van der Waals surface area contributed by atoms with E-state index in [1.54, 1.807) is 0 Å². The largest absolute Gasteiger partial charge is 0.386 e. The van der Waals surface area contributed by atoms with E-state index in [1.807, 2.05) is 42.2 Å². The van der Waals surface area contributed by atoms with E-state index >= 15 is 0 Å². The van der Waals surface area contributed by atoms with Gasteiger partial charge in [0.2, 0.25) is 0 Å². The van der Waals surface area contributed by atoms with Crippen LogP contribution in [0.1, 0.15) is 12.5 Å². The number of nitrogens with one attached hydrogen (secondary N) is 2. The van der Waals surface area contributed by atoms with Crippen LogP contribution in [0.4, 0.5) is 4.79 Å². The van der Waals surface area contributed by atoms with E-state index in [1.165, 1.54) is 0 Å². The number of rotatable bonds is 4. The van der Waals surface area contributed by atoms with Gasteiger partial charge >= 0.3 is 6.03 Å². The summed E-state index contributed by atoms with van der Waals surface area (Å²) in [6, 6.07) is 9.78. The highest BCUT2D eigenvalue weighted by Gasteiger charge is 2.24. The molecule has 0 aromatic heterocycles. The second kappa shape index (κ2) is 7.08. The van der Waals surface area contributed by atoms with Crippen LogP contribution in [-0.4, -0.2) is 53.9 Å². The smallest absolute Gasteiger partial charge is 0.317 e. The zero-order valence-corrected chi connectivity index (χ0v) is 12.4. The van der Waals surface area contributed by atoms with Gasteiger partial charge in [0, 0.05) is 32.7 Å². The Morgan fingerprint density at radius 1 is 1.29 bits per heavy atom. The van der Waals surface area contributed by atoms with E-state index in [0.717, 1.165) is 18.7 Å². The van der Waals surface area contributed by atoms with Gasteiger partial charge in [-0.25, -0.2) is 4.79 Å². The summed E-state index contributed by atoms with van der Waals surface area (Å²) in [5.41, 5.74) is 6.61. The van der Waals surface area contributed by atoms with Gasteiger partial charge in [-0.05, 0) is 12.5 Å². The molecule has 1 atom stereocenters. The number of nitrogens with zero attached hydrogens (tertiary/aromatic N) is 2. The molecule has 1 aromatic rings. The SMILES string of the molecule is CC(C(=N)N)N1CCN(C(=O)NCc2ccccc2)CC1. The maximum Gasteiger partial charge on any atom is 0.317 e. The van der Waals surface area contributed by atoms with Gasteiger partial charge < -0.3 is 16.0 Å². The van der Waals surface area contributed by atoms with E-state index in [2.05, 4.69) is 10.2 Å². The first-order valence-electron chi connectivity index (χ1n) is 7.22. The van der Waals surface area contributed by atoms with E-state index < -0.39 is 0 Å². The molecule has 1 unspecified atom stereocenters. The third kappa shape index (κ3) is 4.19. The molecule has 1 heterocycles. The van der Waals surface area contributed by atoms with Gasteiger partial charge in [0.1, 0.15) is 5.84 Å². The number of urea groups is 1. The average molecular weight is 289 g/mol. The maximum absolute atomic E-state index is 12.1. The zero-order valence-electron chi connectivity index (χ0n) is 12.4. The molecule has 21 heavy (non-hydrogen) atoms. The van der Waals surface area contributed by atoms with Crippen molar-refractivity contribution in [2.24, 2.45) is 5.73 Å². The van der Waals surface area contributed by atoms with Crippen molar-refractivity contribution >= 4 is 11.9 Å². The first-order valence-corrected chi connectivity index (χ1v) is 7.22. The molecule has 6 heteroatoms. The van der Waals surface area contributed by atoms with Crippen molar-refractivity contribution in [3.05, 3.63) is 35.9 Å². The minimum atomic E-state index is -0.0560. The normalized spacial score (nSPS) is 17.3. The lowest BCUT2D eigenvalue weighted by Crippen LogP contribution is -2.55. The second-order valence-electron chi connectivity index (χ2n) is 5.30. The quantitative estimate of drug-likeness (QED) is 0.567. The number of hydrogen-bond acceptors (Lipinski definition) is 3. The summed E-state index contributed by atoms with van der Waals surface area (Å²) in [6.07, 6.45) is 0. The molecule has 1 saturated heterocycles. The fraction of sp³-hybridized carbons (Fsp3) is 0.467.